The maximum atomic E-state index is 12.9. The van der Waals surface area contributed by atoms with Crippen molar-refractivity contribution in [1.29, 1.82) is 0 Å². The van der Waals surface area contributed by atoms with E-state index < -0.39 is 11.7 Å². The number of nitrogens with zero attached hydrogens (tertiary/aromatic N) is 1. The summed E-state index contributed by atoms with van der Waals surface area (Å²) in [6.45, 7) is 1.22. The third-order valence-corrected chi connectivity index (χ3v) is 7.41. The minimum Gasteiger partial charge on any atom is -0.453 e. The number of benzene rings is 1. The lowest BCUT2D eigenvalue weighted by molar-refractivity contribution is -0.137. The summed E-state index contributed by atoms with van der Waals surface area (Å²) in [5.41, 5.74) is -0.404. The summed E-state index contributed by atoms with van der Waals surface area (Å²) < 4.78 is 10.5. The van der Waals surface area contributed by atoms with Gasteiger partial charge in [-0.05, 0) is 62.9 Å². The van der Waals surface area contributed by atoms with Gasteiger partial charge in [0.25, 0.3) is 0 Å². The molecule has 0 aromatic heterocycles. The lowest BCUT2D eigenvalue weighted by atomic mass is 9.71. The number of methoxy groups -OCH3 is 1. The van der Waals surface area contributed by atoms with E-state index in [1.54, 1.807) is 6.07 Å². The van der Waals surface area contributed by atoms with Crippen molar-refractivity contribution in [2.75, 3.05) is 34.3 Å². The van der Waals surface area contributed by atoms with Gasteiger partial charge in [0.1, 0.15) is 5.75 Å². The Morgan fingerprint density at radius 3 is 2.55 bits per heavy atom. The second-order valence-electron chi connectivity index (χ2n) is 10.2. The highest BCUT2D eigenvalue weighted by Gasteiger charge is 2.41. The quantitative estimate of drug-likeness (QED) is 0.446. The Morgan fingerprint density at radius 2 is 1.85 bits per heavy atom. The van der Waals surface area contributed by atoms with E-state index in [0.717, 1.165) is 63.5 Å². The van der Waals surface area contributed by atoms with Crippen molar-refractivity contribution < 1.29 is 24.2 Å². The molecular formula is C26H40N2O5. The third-order valence-electron chi connectivity index (χ3n) is 7.41. The number of ether oxygens (including phenoxy) is 2. The molecular weight excluding hydrogens is 420 g/mol. The Hall–Kier alpha value is -2.12. The van der Waals surface area contributed by atoms with E-state index in [2.05, 4.69) is 10.2 Å². The molecule has 184 valence electrons. The molecule has 2 aliphatic rings. The lowest BCUT2D eigenvalue weighted by Crippen LogP contribution is -2.43. The number of hydrogen-bond donors (Lipinski definition) is 2. The molecule has 2 saturated carbocycles. The first kappa shape index (κ1) is 25.5. The van der Waals surface area contributed by atoms with Gasteiger partial charge in [0.15, 0.2) is 0 Å². The van der Waals surface area contributed by atoms with Crippen molar-refractivity contribution in [3.8, 4) is 5.75 Å². The Morgan fingerprint density at radius 1 is 1.12 bits per heavy atom. The van der Waals surface area contributed by atoms with Crippen LogP contribution in [0.15, 0.2) is 24.3 Å². The van der Waals surface area contributed by atoms with Gasteiger partial charge in [0.05, 0.1) is 19.1 Å². The van der Waals surface area contributed by atoms with Crippen molar-refractivity contribution in [3.05, 3.63) is 29.8 Å². The van der Waals surface area contributed by atoms with E-state index in [1.807, 2.05) is 32.3 Å². The second kappa shape index (κ2) is 11.3. The highest BCUT2D eigenvalue weighted by atomic mass is 16.5. The number of carbonyl (C=O) groups is 2. The highest BCUT2D eigenvalue weighted by molar-refractivity contribution is 5.73. The van der Waals surface area contributed by atoms with Gasteiger partial charge < -0.3 is 24.8 Å². The summed E-state index contributed by atoms with van der Waals surface area (Å²) >= 11 is 0. The molecule has 0 radical (unpaired) electrons. The predicted octanol–water partition coefficient (Wildman–Crippen LogP) is 4.23. The van der Waals surface area contributed by atoms with E-state index in [9.17, 15) is 14.7 Å². The molecule has 0 spiro atoms. The molecule has 7 heteroatoms. The summed E-state index contributed by atoms with van der Waals surface area (Å²) in [6, 6.07) is 7.39. The van der Waals surface area contributed by atoms with Gasteiger partial charge in [0.2, 0.25) is 0 Å². The Bertz CT molecular complexity index is 806. The normalized spacial score (nSPS) is 24.8. The maximum Gasteiger partial charge on any atom is 0.406 e. The van der Waals surface area contributed by atoms with E-state index in [4.69, 9.17) is 9.47 Å². The smallest absolute Gasteiger partial charge is 0.406 e. The molecule has 33 heavy (non-hydrogen) atoms. The first-order chi connectivity index (χ1) is 15.8. The van der Waals surface area contributed by atoms with Gasteiger partial charge in [-0.2, -0.15) is 0 Å². The molecule has 0 unspecified atom stereocenters. The van der Waals surface area contributed by atoms with Crippen LogP contribution < -0.4 is 10.1 Å². The fraction of sp³-hybridized carbons (Fsp3) is 0.692. The minimum atomic E-state index is -0.917. The van der Waals surface area contributed by atoms with Crippen molar-refractivity contribution in [3.63, 3.8) is 0 Å². The topological polar surface area (TPSA) is 88.1 Å². The summed E-state index contributed by atoms with van der Waals surface area (Å²) in [7, 11) is 5.40. The molecule has 0 aliphatic heterocycles. The molecule has 1 aromatic rings. The average Bonchev–Trinajstić information content (AvgIpc) is 2.79. The van der Waals surface area contributed by atoms with Crippen molar-refractivity contribution in [1.82, 2.24) is 10.2 Å². The number of carbonyl (C=O) groups excluding carboxylic acids is 2. The Kier molecular flexibility index (Phi) is 8.76. The molecule has 1 amide bonds. The van der Waals surface area contributed by atoms with E-state index >= 15 is 0 Å². The number of aliphatic hydroxyl groups is 1. The first-order valence-corrected chi connectivity index (χ1v) is 12.3. The van der Waals surface area contributed by atoms with Crippen LogP contribution in [0.3, 0.4) is 0 Å². The monoisotopic (exact) mass is 460 g/mol. The summed E-state index contributed by atoms with van der Waals surface area (Å²) in [5, 5.41) is 14.4. The number of amides is 1. The summed E-state index contributed by atoms with van der Waals surface area (Å²) in [6.07, 6.45) is 8.53. The fourth-order valence-corrected chi connectivity index (χ4v) is 5.64. The van der Waals surface area contributed by atoms with Crippen LogP contribution in [0.25, 0.3) is 0 Å². The van der Waals surface area contributed by atoms with Gasteiger partial charge in [-0.25, -0.2) is 4.79 Å². The molecule has 2 N–H and O–H groups in total. The minimum absolute atomic E-state index is 0.141. The van der Waals surface area contributed by atoms with Crippen LogP contribution in [0.1, 0.15) is 69.8 Å². The van der Waals surface area contributed by atoms with Crippen molar-refractivity contribution in [2.45, 2.75) is 69.8 Å². The average molecular weight is 461 g/mol. The molecule has 2 atom stereocenters. The van der Waals surface area contributed by atoms with Crippen molar-refractivity contribution in [2.24, 2.45) is 11.3 Å². The van der Waals surface area contributed by atoms with Gasteiger partial charge in [0, 0.05) is 19.0 Å². The van der Waals surface area contributed by atoms with Crippen LogP contribution >= 0.6 is 0 Å². The zero-order valence-electron chi connectivity index (χ0n) is 20.4. The van der Waals surface area contributed by atoms with Crippen LogP contribution in [0.4, 0.5) is 4.79 Å². The molecule has 0 heterocycles. The zero-order chi connectivity index (χ0) is 23.9. The third kappa shape index (κ3) is 6.70. The van der Waals surface area contributed by atoms with Gasteiger partial charge in [-0.15, -0.1) is 0 Å². The number of hydrogen-bond acceptors (Lipinski definition) is 6. The van der Waals surface area contributed by atoms with Crippen molar-refractivity contribution >= 4 is 12.1 Å². The van der Waals surface area contributed by atoms with Crippen LogP contribution in [-0.2, 0) is 15.1 Å². The standard InChI is InChI=1S/C26H40N2O5/c1-28(2)18-21-10-5-8-15-26(21,31)20-11-9-12-22(16-20)33-23(29)17-25(13-6-4-7-14-25)19-27-24(30)32-3/h9,11-12,16,21,31H,4-8,10,13-15,17-19H2,1-3H3,(H,27,30)/t21-,26+/m1/s1. The van der Waals surface area contributed by atoms with Gasteiger partial charge >= 0.3 is 12.1 Å². The van der Waals surface area contributed by atoms with Crippen LogP contribution in [-0.4, -0.2) is 56.4 Å². The van der Waals surface area contributed by atoms with E-state index in [0.29, 0.717) is 18.7 Å². The fourth-order valence-electron chi connectivity index (χ4n) is 5.64. The van der Waals surface area contributed by atoms with Crippen LogP contribution in [0.2, 0.25) is 0 Å². The molecule has 2 aliphatic carbocycles. The molecule has 1 aromatic carbocycles. The largest absolute Gasteiger partial charge is 0.453 e. The van der Waals surface area contributed by atoms with Crippen LogP contribution in [0.5, 0.6) is 5.75 Å². The van der Waals surface area contributed by atoms with Gasteiger partial charge in [-0.1, -0.05) is 44.2 Å². The number of nitrogens with one attached hydrogen (secondary N) is 1. The molecule has 3 rings (SSSR count). The van der Waals surface area contributed by atoms with Crippen LogP contribution in [0, 0.1) is 11.3 Å². The summed E-state index contributed by atoms with van der Waals surface area (Å²) in [4.78, 5) is 26.7. The number of rotatable bonds is 8. The lowest BCUT2D eigenvalue weighted by Gasteiger charge is -2.41. The van der Waals surface area contributed by atoms with E-state index in [-0.39, 0.29) is 23.7 Å². The molecule has 7 nitrogen and oxygen atoms in total. The number of alkyl carbamates (subject to hydrolysis) is 1. The second-order valence-corrected chi connectivity index (χ2v) is 10.2. The molecule has 0 saturated heterocycles. The van der Waals surface area contributed by atoms with E-state index in [1.165, 1.54) is 7.11 Å². The Labute approximate surface area is 197 Å². The zero-order valence-corrected chi connectivity index (χ0v) is 20.4. The predicted molar refractivity (Wildman–Crippen MR) is 127 cm³/mol. The van der Waals surface area contributed by atoms with Gasteiger partial charge in [-0.3, -0.25) is 4.79 Å². The SMILES string of the molecule is COC(=O)NCC1(CC(=O)Oc2cccc([C@@]3(O)CCCC[C@@H]3CN(C)C)c2)CCCCC1. The number of esters is 1. The first-order valence-electron chi connectivity index (χ1n) is 12.3. The maximum absolute atomic E-state index is 12.9. The molecule has 2 fully saturated rings. The summed E-state index contributed by atoms with van der Waals surface area (Å²) in [5.74, 6) is 0.301. The Balaban J connectivity index is 1.71. The highest BCUT2D eigenvalue weighted by Crippen LogP contribution is 2.43. The molecule has 0 bridgehead atoms.